The molecule has 0 bridgehead atoms. The monoisotopic (exact) mass is 572 g/mol. The Hall–Kier alpha value is -3.57. The Morgan fingerprint density at radius 3 is 2.67 bits per heavy atom. The molecule has 1 aliphatic heterocycles. The lowest BCUT2D eigenvalue weighted by molar-refractivity contribution is -0.147. The number of aliphatic hydroxyl groups excluding tert-OH is 2. The molecule has 5 rings (SSSR count). The van der Waals surface area contributed by atoms with Gasteiger partial charge in [-0.1, -0.05) is 24.6 Å². The molecule has 40 heavy (non-hydrogen) atoms. The third-order valence-electron chi connectivity index (χ3n) is 7.60. The molecule has 3 heterocycles. The summed E-state index contributed by atoms with van der Waals surface area (Å²) in [6, 6.07) is 13.0. The zero-order valence-corrected chi connectivity index (χ0v) is 22.3. The quantitative estimate of drug-likeness (QED) is 0.218. The van der Waals surface area contributed by atoms with Gasteiger partial charge in [0.05, 0.1) is 12.3 Å². The summed E-state index contributed by atoms with van der Waals surface area (Å²) in [5.74, 6) is -1.27. The van der Waals surface area contributed by atoms with Crippen LogP contribution in [-0.2, 0) is 24.2 Å². The molecule has 0 amide bonds. The van der Waals surface area contributed by atoms with Crippen molar-refractivity contribution in [1.82, 2.24) is 19.7 Å². The number of rotatable bonds is 10. The third kappa shape index (κ3) is 4.71. The number of anilines is 1. The number of aliphatic hydroxyl groups is 2. The maximum atomic E-state index is 14.0. The van der Waals surface area contributed by atoms with Crippen LogP contribution in [0, 0.1) is 17.2 Å². The number of nitrogens with zero attached hydrogens (tertiary/aromatic N) is 4. The summed E-state index contributed by atoms with van der Waals surface area (Å²) in [6.45, 7) is 0.791. The summed E-state index contributed by atoms with van der Waals surface area (Å²) in [6.07, 6.45) is -1.56. The lowest BCUT2D eigenvalue weighted by atomic mass is 9.72. The SMILES string of the molecule is CC(NP(=O)(OC[C@H]1O[C@@](C#N)(c2ccc3c(N)ncnn23)[C@H](O)[C@@H]1O)Oc1ccccc1)(C(=O)O)C1CCC1. The largest absolute Gasteiger partial charge is 0.480 e. The first-order chi connectivity index (χ1) is 19.0. The molecule has 14 nitrogen and oxygen atoms in total. The molecule has 1 aromatic carbocycles. The topological polar surface area (TPSA) is 215 Å². The second-order valence-corrected chi connectivity index (χ2v) is 11.7. The molecule has 2 aromatic heterocycles. The number of ether oxygens (including phenoxy) is 1. The Labute approximate surface area is 228 Å². The van der Waals surface area contributed by atoms with Crippen molar-refractivity contribution in [3.05, 3.63) is 54.5 Å². The predicted molar refractivity (Wildman–Crippen MR) is 139 cm³/mol. The minimum atomic E-state index is -4.43. The van der Waals surface area contributed by atoms with Gasteiger partial charge in [-0.15, -0.1) is 0 Å². The smallest absolute Gasteiger partial charge is 0.459 e. The van der Waals surface area contributed by atoms with Gasteiger partial charge in [-0.2, -0.15) is 15.4 Å². The highest BCUT2D eigenvalue weighted by atomic mass is 31.2. The molecule has 1 saturated heterocycles. The molecule has 2 unspecified atom stereocenters. The zero-order valence-electron chi connectivity index (χ0n) is 21.5. The van der Waals surface area contributed by atoms with Crippen molar-refractivity contribution < 1.29 is 38.5 Å². The van der Waals surface area contributed by atoms with E-state index in [4.69, 9.17) is 19.5 Å². The van der Waals surface area contributed by atoms with Crippen molar-refractivity contribution in [2.24, 2.45) is 5.92 Å². The molecular formula is C25H29N6O8P. The van der Waals surface area contributed by atoms with E-state index in [0.29, 0.717) is 18.4 Å². The van der Waals surface area contributed by atoms with E-state index < -0.39 is 49.8 Å². The van der Waals surface area contributed by atoms with Gasteiger partial charge in [-0.05, 0) is 49.9 Å². The number of nitrogens with two attached hydrogens (primary N) is 1. The average molecular weight is 573 g/mol. The summed E-state index contributed by atoms with van der Waals surface area (Å²) in [7, 11) is -4.43. The van der Waals surface area contributed by atoms with Gasteiger partial charge in [-0.3, -0.25) is 9.32 Å². The highest BCUT2D eigenvalue weighted by Crippen LogP contribution is 2.51. The molecule has 6 atom stereocenters. The van der Waals surface area contributed by atoms with Gasteiger partial charge < -0.3 is 30.3 Å². The number of aliphatic carboxylic acids is 1. The van der Waals surface area contributed by atoms with Crippen LogP contribution in [0.2, 0.25) is 0 Å². The number of carboxylic acid groups (broad SMARTS) is 1. The molecule has 212 valence electrons. The number of para-hydroxylation sites is 1. The highest BCUT2D eigenvalue weighted by molar-refractivity contribution is 7.52. The van der Waals surface area contributed by atoms with E-state index in [1.165, 1.54) is 42.0 Å². The summed E-state index contributed by atoms with van der Waals surface area (Å²) < 4.78 is 32.5. The van der Waals surface area contributed by atoms with Crippen LogP contribution in [0.4, 0.5) is 5.82 Å². The molecule has 15 heteroatoms. The molecule has 0 spiro atoms. The molecule has 0 radical (unpaired) electrons. The molecule has 2 aliphatic rings. The van der Waals surface area contributed by atoms with Crippen molar-refractivity contribution in [3.8, 4) is 11.8 Å². The number of fused-ring (bicyclic) bond motifs is 1. The van der Waals surface area contributed by atoms with E-state index in [9.17, 15) is 29.9 Å². The zero-order chi connectivity index (χ0) is 28.7. The van der Waals surface area contributed by atoms with Crippen LogP contribution < -0.4 is 15.3 Å². The molecule has 6 N–H and O–H groups in total. The summed E-state index contributed by atoms with van der Waals surface area (Å²) in [5.41, 5.74) is 2.58. The highest BCUT2D eigenvalue weighted by Gasteiger charge is 2.58. The Morgan fingerprint density at radius 1 is 1.32 bits per heavy atom. The van der Waals surface area contributed by atoms with Gasteiger partial charge in [-0.25, -0.2) is 14.1 Å². The van der Waals surface area contributed by atoms with Gasteiger partial charge in [0.1, 0.15) is 47.5 Å². The van der Waals surface area contributed by atoms with E-state index >= 15 is 0 Å². The number of nitriles is 1. The number of benzene rings is 1. The van der Waals surface area contributed by atoms with Crippen LogP contribution in [0.5, 0.6) is 5.75 Å². The van der Waals surface area contributed by atoms with Crippen molar-refractivity contribution in [2.45, 2.75) is 55.6 Å². The van der Waals surface area contributed by atoms with Crippen LogP contribution in [0.3, 0.4) is 0 Å². The number of carboxylic acids is 1. The van der Waals surface area contributed by atoms with Gasteiger partial charge in [0.2, 0.25) is 5.60 Å². The lowest BCUT2D eigenvalue weighted by Crippen LogP contribution is -2.56. The van der Waals surface area contributed by atoms with Gasteiger partial charge in [0.25, 0.3) is 0 Å². The number of carbonyl (C=O) groups is 1. The molecule has 3 aromatic rings. The number of aromatic nitrogens is 3. The van der Waals surface area contributed by atoms with Gasteiger partial charge in [0, 0.05) is 0 Å². The minimum absolute atomic E-state index is 0.0819. The van der Waals surface area contributed by atoms with E-state index in [0.717, 1.165) is 6.42 Å². The van der Waals surface area contributed by atoms with Crippen molar-refractivity contribution in [2.75, 3.05) is 12.3 Å². The van der Waals surface area contributed by atoms with E-state index in [1.807, 2.05) is 6.07 Å². The molecule has 1 aliphatic carbocycles. The Bertz CT molecular complexity index is 1490. The third-order valence-corrected chi connectivity index (χ3v) is 9.28. The maximum Gasteiger partial charge on any atom is 0.459 e. The molecular weight excluding hydrogens is 543 g/mol. The summed E-state index contributed by atoms with van der Waals surface area (Å²) in [4.78, 5) is 16.2. The van der Waals surface area contributed by atoms with Crippen molar-refractivity contribution in [3.63, 3.8) is 0 Å². The number of hydrogen-bond acceptors (Lipinski definition) is 11. The molecule has 1 saturated carbocycles. The summed E-state index contributed by atoms with van der Waals surface area (Å²) >= 11 is 0. The Balaban J connectivity index is 1.42. The first-order valence-electron chi connectivity index (χ1n) is 12.6. The second-order valence-electron chi connectivity index (χ2n) is 10.0. The standard InChI is InChI=1S/C25H29N6O8P/c1-24(23(34)35,15-6-5-7-15)30-40(36,39-16-8-3-2-4-9-16)37-12-18-20(32)21(33)25(13-26,38-18)19-11-10-17-22(27)28-14-29-31(17)19/h2-4,8-11,14-15,18,20-21,32-33H,5-7,12H2,1H3,(H,30,36)(H,34,35)(H2,27,28,29)/t18-,20-,21-,24?,25+,40?/m1/s1. The predicted octanol–water partition coefficient (Wildman–Crippen LogP) is 1.59. The van der Waals surface area contributed by atoms with Gasteiger partial charge >= 0.3 is 13.7 Å². The second kappa shape index (κ2) is 10.4. The van der Waals surface area contributed by atoms with Crippen LogP contribution >= 0.6 is 7.75 Å². The van der Waals surface area contributed by atoms with Crippen LogP contribution in [0.1, 0.15) is 31.9 Å². The minimum Gasteiger partial charge on any atom is -0.480 e. The average Bonchev–Trinajstić information content (AvgIpc) is 3.43. The van der Waals surface area contributed by atoms with Crippen LogP contribution in [0.25, 0.3) is 5.52 Å². The van der Waals surface area contributed by atoms with Gasteiger partial charge in [0.15, 0.2) is 5.82 Å². The number of nitrogens with one attached hydrogen (secondary N) is 1. The van der Waals surface area contributed by atoms with E-state index in [2.05, 4.69) is 15.2 Å². The number of hydrogen-bond donors (Lipinski definition) is 5. The fourth-order valence-corrected chi connectivity index (χ4v) is 6.76. The Kier molecular flexibility index (Phi) is 7.30. The van der Waals surface area contributed by atoms with Crippen LogP contribution in [-0.4, -0.2) is 66.3 Å². The summed E-state index contributed by atoms with van der Waals surface area (Å²) in [5, 5.41) is 48.7. The van der Waals surface area contributed by atoms with E-state index in [1.54, 1.807) is 18.2 Å². The maximum absolute atomic E-state index is 14.0. The first kappa shape index (κ1) is 28.0. The normalized spacial score (nSPS) is 27.8. The first-order valence-corrected chi connectivity index (χ1v) is 14.1. The lowest BCUT2D eigenvalue weighted by Gasteiger charge is -2.41. The fourth-order valence-electron chi connectivity index (χ4n) is 5.01. The van der Waals surface area contributed by atoms with Crippen molar-refractivity contribution in [1.29, 1.82) is 5.26 Å². The Morgan fingerprint density at radius 2 is 2.05 bits per heavy atom. The molecule has 2 fully saturated rings. The number of nitrogen functional groups attached to an aromatic ring is 1. The van der Waals surface area contributed by atoms with E-state index in [-0.39, 0.29) is 23.2 Å². The van der Waals surface area contributed by atoms with Crippen molar-refractivity contribution >= 4 is 25.1 Å². The fraction of sp³-hybridized carbons (Fsp3) is 0.440. The van der Waals surface area contributed by atoms with Crippen LogP contribution in [0.15, 0.2) is 48.8 Å².